The van der Waals surface area contributed by atoms with E-state index in [2.05, 4.69) is 19.8 Å². The molecular weight excluding hydrogens is 385 g/mol. The van der Waals surface area contributed by atoms with E-state index < -0.39 is 23.3 Å². The minimum atomic E-state index is -3.74. The SMILES string of the molecule is CC1(F)CC1(C)C(=O)Nc1ccc(-c2cc3c(cc2Cl)OC(F)(F)O3)cn1. The van der Waals surface area contributed by atoms with Crippen LogP contribution in [0.25, 0.3) is 11.1 Å². The van der Waals surface area contributed by atoms with Crippen molar-refractivity contribution < 1.29 is 27.4 Å². The first kappa shape index (κ1) is 17.9. The summed E-state index contributed by atoms with van der Waals surface area (Å²) in [5.74, 6) is -0.495. The highest BCUT2D eigenvalue weighted by molar-refractivity contribution is 6.33. The number of rotatable bonds is 3. The molecule has 5 nitrogen and oxygen atoms in total. The van der Waals surface area contributed by atoms with Gasteiger partial charge >= 0.3 is 6.29 Å². The highest BCUT2D eigenvalue weighted by Crippen LogP contribution is 2.59. The van der Waals surface area contributed by atoms with Gasteiger partial charge in [-0.25, -0.2) is 9.37 Å². The van der Waals surface area contributed by atoms with Crippen molar-refractivity contribution in [3.05, 3.63) is 35.5 Å². The second-order valence-electron chi connectivity index (χ2n) is 7.04. The molecule has 1 amide bonds. The van der Waals surface area contributed by atoms with Gasteiger partial charge < -0.3 is 14.8 Å². The molecule has 0 spiro atoms. The number of anilines is 1. The summed E-state index contributed by atoms with van der Waals surface area (Å²) in [5.41, 5.74) is -1.67. The zero-order valence-corrected chi connectivity index (χ0v) is 15.0. The molecule has 1 aromatic heterocycles. The quantitative estimate of drug-likeness (QED) is 0.806. The van der Waals surface area contributed by atoms with Crippen LogP contribution in [0.1, 0.15) is 20.3 Å². The van der Waals surface area contributed by atoms with Crippen LogP contribution in [-0.4, -0.2) is 22.9 Å². The standard InChI is InChI=1S/C18H14ClF3N2O3/c1-16(8-17(16,2)20)15(25)24-14-4-3-9(7-23-14)10-5-12-13(6-11(10)19)27-18(21,22)26-12/h3-7H,8H2,1-2H3,(H,23,24,25). The van der Waals surface area contributed by atoms with Crippen molar-refractivity contribution in [1.82, 2.24) is 4.98 Å². The van der Waals surface area contributed by atoms with E-state index in [1.807, 2.05) is 0 Å². The monoisotopic (exact) mass is 398 g/mol. The number of carbonyl (C=O) groups is 1. The van der Waals surface area contributed by atoms with E-state index >= 15 is 0 Å². The van der Waals surface area contributed by atoms with Crippen LogP contribution in [0.5, 0.6) is 11.5 Å². The van der Waals surface area contributed by atoms with Crippen molar-refractivity contribution in [2.24, 2.45) is 5.41 Å². The van der Waals surface area contributed by atoms with Gasteiger partial charge in [0.05, 0.1) is 10.4 Å². The van der Waals surface area contributed by atoms with Crippen LogP contribution in [0.4, 0.5) is 19.0 Å². The summed E-state index contributed by atoms with van der Waals surface area (Å²) in [7, 11) is 0. The van der Waals surface area contributed by atoms with E-state index in [9.17, 15) is 18.0 Å². The largest absolute Gasteiger partial charge is 0.586 e. The Balaban J connectivity index is 1.55. The predicted molar refractivity (Wildman–Crippen MR) is 91.8 cm³/mol. The number of ether oxygens (including phenoxy) is 2. The molecule has 0 saturated heterocycles. The maximum atomic E-state index is 13.9. The topological polar surface area (TPSA) is 60.5 Å². The molecule has 2 unspecified atom stereocenters. The summed E-state index contributed by atoms with van der Waals surface area (Å²) in [6.45, 7) is 2.94. The van der Waals surface area contributed by atoms with Crippen LogP contribution in [0.2, 0.25) is 5.02 Å². The third kappa shape index (κ3) is 2.97. The van der Waals surface area contributed by atoms with Crippen molar-refractivity contribution in [1.29, 1.82) is 0 Å². The number of benzene rings is 1. The molecule has 2 aliphatic rings. The van der Waals surface area contributed by atoms with Gasteiger partial charge in [0.25, 0.3) is 0 Å². The van der Waals surface area contributed by atoms with Crippen LogP contribution in [0.3, 0.4) is 0 Å². The van der Waals surface area contributed by atoms with Crippen LogP contribution in [0.15, 0.2) is 30.5 Å². The summed E-state index contributed by atoms with van der Waals surface area (Å²) in [4.78, 5) is 16.3. The lowest BCUT2D eigenvalue weighted by Crippen LogP contribution is -2.27. The minimum Gasteiger partial charge on any atom is -0.395 e. The maximum Gasteiger partial charge on any atom is 0.586 e. The lowest BCUT2D eigenvalue weighted by atomic mass is 10.1. The van der Waals surface area contributed by atoms with Crippen LogP contribution >= 0.6 is 11.6 Å². The van der Waals surface area contributed by atoms with Crippen LogP contribution in [-0.2, 0) is 4.79 Å². The lowest BCUT2D eigenvalue weighted by Gasteiger charge is -2.13. The maximum absolute atomic E-state index is 13.9. The molecule has 1 fully saturated rings. The van der Waals surface area contributed by atoms with Crippen LogP contribution < -0.4 is 14.8 Å². The molecule has 2 heterocycles. The fourth-order valence-corrected chi connectivity index (χ4v) is 3.27. The smallest absolute Gasteiger partial charge is 0.395 e. The van der Waals surface area contributed by atoms with E-state index in [-0.39, 0.29) is 28.8 Å². The Morgan fingerprint density at radius 2 is 1.81 bits per heavy atom. The first-order chi connectivity index (χ1) is 12.5. The Morgan fingerprint density at radius 3 is 2.37 bits per heavy atom. The van der Waals surface area contributed by atoms with E-state index in [0.717, 1.165) is 0 Å². The third-order valence-electron chi connectivity index (χ3n) is 5.02. The molecule has 4 rings (SSSR count). The molecule has 0 bridgehead atoms. The number of pyridine rings is 1. The number of hydrogen-bond donors (Lipinski definition) is 1. The average molecular weight is 399 g/mol. The van der Waals surface area contributed by atoms with Gasteiger partial charge in [-0.15, -0.1) is 8.78 Å². The minimum absolute atomic E-state index is 0.138. The molecule has 1 N–H and O–H groups in total. The number of carbonyl (C=O) groups excluding carboxylic acids is 1. The average Bonchev–Trinajstić information content (AvgIpc) is 2.94. The molecule has 2 aromatic rings. The van der Waals surface area contributed by atoms with E-state index in [0.29, 0.717) is 11.1 Å². The summed E-state index contributed by atoms with van der Waals surface area (Å²) < 4.78 is 49.0. The van der Waals surface area contributed by atoms with Gasteiger partial charge in [-0.2, -0.15) is 0 Å². The second kappa shape index (κ2) is 5.51. The number of fused-ring (bicyclic) bond motifs is 1. The highest BCUT2D eigenvalue weighted by Gasteiger charge is 2.67. The Labute approximate surface area is 157 Å². The normalized spacial score (nSPS) is 27.3. The van der Waals surface area contributed by atoms with Gasteiger partial charge in [0, 0.05) is 23.4 Å². The third-order valence-corrected chi connectivity index (χ3v) is 5.33. The summed E-state index contributed by atoms with van der Waals surface area (Å²) >= 11 is 6.14. The fourth-order valence-electron chi connectivity index (χ4n) is 3.01. The molecule has 142 valence electrons. The van der Waals surface area contributed by atoms with Gasteiger partial charge in [-0.1, -0.05) is 11.6 Å². The molecule has 2 atom stereocenters. The molecule has 9 heteroatoms. The van der Waals surface area contributed by atoms with Crippen molar-refractivity contribution in [2.75, 3.05) is 5.32 Å². The van der Waals surface area contributed by atoms with Crippen molar-refractivity contribution >= 4 is 23.3 Å². The van der Waals surface area contributed by atoms with Gasteiger partial charge in [0.1, 0.15) is 11.5 Å². The number of amides is 1. The molecule has 1 aromatic carbocycles. The first-order valence-corrected chi connectivity index (χ1v) is 8.45. The van der Waals surface area contributed by atoms with Crippen molar-refractivity contribution in [3.8, 4) is 22.6 Å². The summed E-state index contributed by atoms with van der Waals surface area (Å²) in [6.07, 6.45) is -2.16. The van der Waals surface area contributed by atoms with Gasteiger partial charge in [0.2, 0.25) is 5.91 Å². The zero-order chi connectivity index (χ0) is 19.6. The lowest BCUT2D eigenvalue weighted by molar-refractivity contribution is -0.286. The summed E-state index contributed by atoms with van der Waals surface area (Å²) in [5, 5.41) is 2.75. The number of alkyl halides is 3. The Bertz CT molecular complexity index is 950. The van der Waals surface area contributed by atoms with Gasteiger partial charge in [-0.05, 0) is 38.5 Å². The number of nitrogens with one attached hydrogen (secondary N) is 1. The molecule has 27 heavy (non-hydrogen) atoms. The highest BCUT2D eigenvalue weighted by atomic mass is 35.5. The fraction of sp³-hybridized carbons (Fsp3) is 0.333. The Morgan fingerprint density at radius 1 is 1.19 bits per heavy atom. The number of halogens is 4. The zero-order valence-electron chi connectivity index (χ0n) is 14.3. The van der Waals surface area contributed by atoms with Crippen molar-refractivity contribution in [3.63, 3.8) is 0 Å². The first-order valence-electron chi connectivity index (χ1n) is 8.07. The second-order valence-corrected chi connectivity index (χ2v) is 7.45. The molecule has 1 aliphatic carbocycles. The van der Waals surface area contributed by atoms with Crippen molar-refractivity contribution in [2.45, 2.75) is 32.2 Å². The van der Waals surface area contributed by atoms with Gasteiger partial charge in [-0.3, -0.25) is 4.79 Å². The molecule has 1 aliphatic heterocycles. The van der Waals surface area contributed by atoms with E-state index in [1.165, 1.54) is 31.3 Å². The molecule has 1 saturated carbocycles. The number of hydrogen-bond acceptors (Lipinski definition) is 4. The summed E-state index contributed by atoms with van der Waals surface area (Å²) in [6, 6.07) is 5.69. The Hall–Kier alpha value is -2.48. The molecular formula is C18H14ClF3N2O3. The van der Waals surface area contributed by atoms with Gasteiger partial charge in [0.15, 0.2) is 11.5 Å². The predicted octanol–water partition coefficient (Wildman–Crippen LogP) is 4.80. The van der Waals surface area contributed by atoms with E-state index in [1.54, 1.807) is 13.0 Å². The van der Waals surface area contributed by atoms with E-state index in [4.69, 9.17) is 11.6 Å². The molecule has 0 radical (unpaired) electrons. The number of nitrogens with zero attached hydrogens (tertiary/aromatic N) is 1. The number of aromatic nitrogens is 1. The van der Waals surface area contributed by atoms with Crippen LogP contribution in [0, 0.1) is 5.41 Å². The Kier molecular flexibility index (Phi) is 3.66.